The summed E-state index contributed by atoms with van der Waals surface area (Å²) in [6.07, 6.45) is 16.6. The topological polar surface area (TPSA) is 52.6 Å². The molecule has 0 amide bonds. The van der Waals surface area contributed by atoms with E-state index in [1.165, 1.54) is 38.5 Å². The van der Waals surface area contributed by atoms with Crippen LogP contribution in [0, 0.1) is 0 Å². The van der Waals surface area contributed by atoms with Crippen LogP contribution in [-0.2, 0) is 19.1 Å². The summed E-state index contributed by atoms with van der Waals surface area (Å²) in [7, 11) is 0. The number of hydrogen-bond donors (Lipinski definition) is 0. The third-order valence-corrected chi connectivity index (χ3v) is 4.02. The van der Waals surface area contributed by atoms with Gasteiger partial charge in [0.1, 0.15) is 11.2 Å². The average Bonchev–Trinajstić information content (AvgIpc) is 2.51. The molecule has 0 unspecified atom stereocenters. The summed E-state index contributed by atoms with van der Waals surface area (Å²) < 4.78 is 10.6. The van der Waals surface area contributed by atoms with Gasteiger partial charge >= 0.3 is 11.9 Å². The molecule has 0 spiro atoms. The minimum absolute atomic E-state index is 0.0772. The zero-order valence-electron chi connectivity index (χ0n) is 19.3. The van der Waals surface area contributed by atoms with Crippen LogP contribution in [-0.4, -0.2) is 23.1 Å². The van der Waals surface area contributed by atoms with Crippen molar-refractivity contribution in [2.45, 2.75) is 130 Å². The quantitative estimate of drug-likeness (QED) is 0.182. The van der Waals surface area contributed by atoms with Crippen molar-refractivity contribution in [2.24, 2.45) is 0 Å². The first-order valence-corrected chi connectivity index (χ1v) is 11.1. The Kier molecular flexibility index (Phi) is 14.0. The molecule has 4 heteroatoms. The van der Waals surface area contributed by atoms with Crippen LogP contribution in [0.5, 0.6) is 0 Å². The Morgan fingerprint density at radius 2 is 0.964 bits per heavy atom. The van der Waals surface area contributed by atoms with Crippen LogP contribution >= 0.6 is 0 Å². The second-order valence-corrected chi connectivity index (χ2v) is 9.55. The molecular formula is C24H44O4. The smallest absolute Gasteiger partial charge is 0.306 e. The number of unbranched alkanes of at least 4 members (excludes halogenated alkanes) is 8. The molecule has 0 radical (unpaired) electrons. The first-order valence-electron chi connectivity index (χ1n) is 11.1. The summed E-state index contributed by atoms with van der Waals surface area (Å²) in [6, 6.07) is 0. The van der Waals surface area contributed by atoms with Crippen molar-refractivity contribution in [2.75, 3.05) is 0 Å². The number of allylic oxidation sites excluding steroid dienone is 2. The number of rotatable bonds is 14. The Morgan fingerprint density at radius 3 is 1.46 bits per heavy atom. The Morgan fingerprint density at radius 1 is 0.571 bits per heavy atom. The highest BCUT2D eigenvalue weighted by Gasteiger charge is 2.16. The molecule has 0 aliphatic heterocycles. The molecule has 4 nitrogen and oxygen atoms in total. The van der Waals surface area contributed by atoms with Crippen molar-refractivity contribution in [3.05, 3.63) is 12.2 Å². The van der Waals surface area contributed by atoms with Crippen molar-refractivity contribution in [1.29, 1.82) is 0 Å². The first kappa shape index (κ1) is 26.7. The van der Waals surface area contributed by atoms with Crippen LogP contribution in [0.2, 0.25) is 0 Å². The summed E-state index contributed by atoms with van der Waals surface area (Å²) in [5, 5.41) is 0. The molecule has 0 aromatic rings. The van der Waals surface area contributed by atoms with Gasteiger partial charge in [-0.05, 0) is 67.2 Å². The highest BCUT2D eigenvalue weighted by Crippen LogP contribution is 2.14. The number of hydrogen-bond acceptors (Lipinski definition) is 4. The molecule has 0 bridgehead atoms. The van der Waals surface area contributed by atoms with Gasteiger partial charge in [-0.25, -0.2) is 0 Å². The van der Waals surface area contributed by atoms with E-state index in [9.17, 15) is 9.59 Å². The van der Waals surface area contributed by atoms with Gasteiger partial charge in [-0.2, -0.15) is 0 Å². The van der Waals surface area contributed by atoms with Gasteiger partial charge in [-0.3, -0.25) is 9.59 Å². The Bertz CT molecular complexity index is 452. The third-order valence-electron chi connectivity index (χ3n) is 4.02. The normalized spacial score (nSPS) is 12.4. The minimum Gasteiger partial charge on any atom is -0.460 e. The summed E-state index contributed by atoms with van der Waals surface area (Å²) in [5.41, 5.74) is -0.761. The van der Waals surface area contributed by atoms with E-state index in [1.54, 1.807) is 0 Å². The largest absolute Gasteiger partial charge is 0.460 e. The fourth-order valence-electron chi connectivity index (χ4n) is 2.81. The molecule has 0 atom stereocenters. The van der Waals surface area contributed by atoms with Gasteiger partial charge in [-0.1, -0.05) is 50.7 Å². The van der Waals surface area contributed by atoms with Gasteiger partial charge < -0.3 is 9.47 Å². The summed E-state index contributed by atoms with van der Waals surface area (Å²) in [4.78, 5) is 23.2. The molecule has 0 rings (SSSR count). The van der Waals surface area contributed by atoms with Crippen LogP contribution in [0.3, 0.4) is 0 Å². The molecule has 28 heavy (non-hydrogen) atoms. The molecule has 0 saturated heterocycles. The van der Waals surface area contributed by atoms with Crippen molar-refractivity contribution >= 4 is 11.9 Å². The van der Waals surface area contributed by atoms with Crippen LogP contribution in [0.4, 0.5) is 0 Å². The van der Waals surface area contributed by atoms with E-state index in [0.717, 1.165) is 25.7 Å². The van der Waals surface area contributed by atoms with Crippen LogP contribution in [0.1, 0.15) is 119 Å². The zero-order chi connectivity index (χ0) is 21.5. The highest BCUT2D eigenvalue weighted by molar-refractivity contribution is 5.70. The van der Waals surface area contributed by atoms with Gasteiger partial charge in [0.2, 0.25) is 0 Å². The maximum absolute atomic E-state index is 11.6. The summed E-state index contributed by atoms with van der Waals surface area (Å²) >= 11 is 0. The van der Waals surface area contributed by atoms with Crippen molar-refractivity contribution < 1.29 is 19.1 Å². The van der Waals surface area contributed by atoms with E-state index >= 15 is 0 Å². The third kappa shape index (κ3) is 21.0. The molecule has 0 aromatic heterocycles. The van der Waals surface area contributed by atoms with Crippen LogP contribution < -0.4 is 0 Å². The maximum atomic E-state index is 11.6. The Balaban J connectivity index is 3.38. The highest BCUT2D eigenvalue weighted by atomic mass is 16.6. The minimum atomic E-state index is -0.390. The van der Waals surface area contributed by atoms with Gasteiger partial charge in [0, 0.05) is 12.8 Å². The fourth-order valence-corrected chi connectivity index (χ4v) is 2.81. The monoisotopic (exact) mass is 396 g/mol. The van der Waals surface area contributed by atoms with Crippen molar-refractivity contribution in [3.8, 4) is 0 Å². The fraction of sp³-hybridized carbons (Fsp3) is 0.833. The van der Waals surface area contributed by atoms with Crippen LogP contribution in [0.15, 0.2) is 12.2 Å². The second-order valence-electron chi connectivity index (χ2n) is 9.55. The molecule has 0 N–H and O–H groups in total. The summed E-state index contributed by atoms with van der Waals surface area (Å²) in [6.45, 7) is 11.4. The molecular weight excluding hydrogens is 352 g/mol. The summed E-state index contributed by atoms with van der Waals surface area (Å²) in [5.74, 6) is -0.199. The van der Waals surface area contributed by atoms with Crippen molar-refractivity contribution in [1.82, 2.24) is 0 Å². The Hall–Kier alpha value is -1.32. The first-order chi connectivity index (χ1) is 13.0. The maximum Gasteiger partial charge on any atom is 0.306 e. The standard InChI is InChI=1S/C24H44O4/c1-23(2,3)27-21(25)19-17-15-13-11-9-7-8-10-12-14-16-18-20-22(26)28-24(4,5)6/h13,15H,7-12,14,16-20H2,1-6H3/b15-13+. The number of carbonyl (C=O) groups excluding carboxylic acids is 2. The number of ether oxygens (including phenoxy) is 2. The average molecular weight is 397 g/mol. The van der Waals surface area contributed by atoms with E-state index in [1.807, 2.05) is 41.5 Å². The predicted molar refractivity (Wildman–Crippen MR) is 116 cm³/mol. The van der Waals surface area contributed by atoms with Gasteiger partial charge in [-0.15, -0.1) is 0 Å². The number of esters is 2. The van der Waals surface area contributed by atoms with Gasteiger partial charge in [0.05, 0.1) is 0 Å². The lowest BCUT2D eigenvalue weighted by atomic mass is 10.1. The Labute approximate surface area is 173 Å². The molecule has 0 fully saturated rings. The lowest BCUT2D eigenvalue weighted by Gasteiger charge is -2.19. The lowest BCUT2D eigenvalue weighted by molar-refractivity contribution is -0.156. The molecule has 0 aliphatic carbocycles. The second kappa shape index (κ2) is 14.6. The van der Waals surface area contributed by atoms with Crippen LogP contribution in [0.25, 0.3) is 0 Å². The van der Waals surface area contributed by atoms with E-state index < -0.39 is 0 Å². The molecule has 0 saturated carbocycles. The molecule has 0 aromatic carbocycles. The number of carbonyl (C=O) groups is 2. The van der Waals surface area contributed by atoms with E-state index in [2.05, 4.69) is 12.2 Å². The van der Waals surface area contributed by atoms with Gasteiger partial charge in [0.15, 0.2) is 0 Å². The molecule has 0 heterocycles. The van der Waals surface area contributed by atoms with Crippen molar-refractivity contribution in [3.63, 3.8) is 0 Å². The molecule has 0 aliphatic rings. The SMILES string of the molecule is CC(C)(C)OC(=O)CC/C=C/CCCCCCCCCCC(=O)OC(C)(C)C. The predicted octanol–water partition coefficient (Wildman–Crippen LogP) is 6.91. The molecule has 164 valence electrons. The zero-order valence-corrected chi connectivity index (χ0v) is 19.3. The lowest BCUT2D eigenvalue weighted by Crippen LogP contribution is -2.23. The van der Waals surface area contributed by atoms with E-state index in [0.29, 0.717) is 12.8 Å². The van der Waals surface area contributed by atoms with E-state index in [4.69, 9.17) is 9.47 Å². The van der Waals surface area contributed by atoms with E-state index in [-0.39, 0.29) is 23.1 Å². The van der Waals surface area contributed by atoms with Gasteiger partial charge in [0.25, 0.3) is 0 Å².